The lowest BCUT2D eigenvalue weighted by molar-refractivity contribution is -0.154. The molecule has 0 bridgehead atoms. The van der Waals surface area contributed by atoms with E-state index in [1.807, 2.05) is 0 Å². The van der Waals surface area contributed by atoms with E-state index in [-0.39, 0.29) is 19.0 Å². The molecule has 1 atom stereocenters. The lowest BCUT2D eigenvalue weighted by Gasteiger charge is -2.16. The molecule has 1 aromatic rings. The van der Waals surface area contributed by atoms with Crippen molar-refractivity contribution in [2.45, 2.75) is 13.0 Å². The molecule has 0 aromatic heterocycles. The van der Waals surface area contributed by atoms with Gasteiger partial charge in [-0.2, -0.15) is 0 Å². The Kier molecular flexibility index (Phi) is 7.34. The maximum absolute atomic E-state index is 12.8. The van der Waals surface area contributed by atoms with Crippen LogP contribution in [0.3, 0.4) is 0 Å². The van der Waals surface area contributed by atoms with Crippen molar-refractivity contribution in [1.82, 2.24) is 10.2 Å². The summed E-state index contributed by atoms with van der Waals surface area (Å²) in [5, 5.41) is 2.54. The van der Waals surface area contributed by atoms with Crippen LogP contribution in [0.2, 0.25) is 0 Å². The number of hydrogen-bond donors (Lipinski definition) is 1. The fourth-order valence-electron chi connectivity index (χ4n) is 1.97. The monoisotopic (exact) mass is 400 g/mol. The largest absolute Gasteiger partial charge is 0.479 e. The van der Waals surface area contributed by atoms with Gasteiger partial charge in [0.15, 0.2) is 12.7 Å². The maximum atomic E-state index is 12.8. The van der Waals surface area contributed by atoms with Crippen molar-refractivity contribution < 1.29 is 28.2 Å². The third-order valence-electron chi connectivity index (χ3n) is 3.30. The molecule has 7 nitrogen and oxygen atoms in total. The molecule has 26 heavy (non-hydrogen) atoms. The first-order valence-corrected chi connectivity index (χ1v) is 9.09. The van der Waals surface area contributed by atoms with E-state index >= 15 is 0 Å². The summed E-state index contributed by atoms with van der Waals surface area (Å²) >= 11 is 6.30. The molecular weight excluding hydrogens is 383 g/mol. The van der Waals surface area contributed by atoms with Crippen molar-refractivity contribution in [3.63, 3.8) is 0 Å². The highest BCUT2D eigenvalue weighted by molar-refractivity contribution is 8.23. The molecule has 1 aromatic carbocycles. The SMILES string of the molecule is C[C@@H](Oc1ccc(F)cc1)C(=O)OCC(=O)NCCN1C(=O)CSC1=S. The Morgan fingerprint density at radius 2 is 2.08 bits per heavy atom. The molecule has 1 aliphatic heterocycles. The number of thiocarbonyl (C=S) groups is 1. The Hall–Kier alpha value is -2.20. The minimum atomic E-state index is -0.954. The number of esters is 1. The first kappa shape index (κ1) is 20.1. The van der Waals surface area contributed by atoms with E-state index in [2.05, 4.69) is 5.32 Å². The van der Waals surface area contributed by atoms with Crippen molar-refractivity contribution >= 4 is 46.1 Å². The van der Waals surface area contributed by atoms with Crippen molar-refractivity contribution in [3.05, 3.63) is 30.1 Å². The average Bonchev–Trinajstić information content (AvgIpc) is 2.93. The van der Waals surface area contributed by atoms with Gasteiger partial charge in [-0.1, -0.05) is 24.0 Å². The molecule has 2 amide bonds. The van der Waals surface area contributed by atoms with Gasteiger partial charge in [0, 0.05) is 13.1 Å². The zero-order chi connectivity index (χ0) is 19.1. The van der Waals surface area contributed by atoms with E-state index in [0.29, 0.717) is 15.8 Å². The van der Waals surface area contributed by atoms with Crippen LogP contribution in [0.25, 0.3) is 0 Å². The maximum Gasteiger partial charge on any atom is 0.347 e. The summed E-state index contributed by atoms with van der Waals surface area (Å²) < 4.78 is 23.5. The second kappa shape index (κ2) is 9.48. The standard InChI is InChI=1S/C16H17FN2O5S2/c1-10(24-12-4-2-11(17)3-5-12)15(22)23-8-13(20)18-6-7-19-14(21)9-26-16(19)25/h2-5,10H,6-9H2,1H3,(H,18,20)/t10-/m1/s1. The zero-order valence-corrected chi connectivity index (χ0v) is 15.5. The number of amides is 2. The molecule has 10 heteroatoms. The number of halogens is 1. The number of rotatable bonds is 8. The van der Waals surface area contributed by atoms with Gasteiger partial charge >= 0.3 is 5.97 Å². The molecule has 0 aliphatic carbocycles. The fraction of sp³-hybridized carbons (Fsp3) is 0.375. The topological polar surface area (TPSA) is 84.9 Å². The number of thioether (sulfide) groups is 1. The Morgan fingerprint density at radius 3 is 2.69 bits per heavy atom. The molecule has 1 heterocycles. The van der Waals surface area contributed by atoms with E-state index in [1.165, 1.54) is 47.9 Å². The number of carbonyl (C=O) groups excluding carboxylic acids is 3. The lowest BCUT2D eigenvalue weighted by Crippen LogP contribution is -2.39. The molecule has 2 rings (SSSR count). The van der Waals surface area contributed by atoms with Gasteiger partial charge in [-0.25, -0.2) is 9.18 Å². The van der Waals surface area contributed by atoms with Crippen LogP contribution in [-0.4, -0.2) is 58.6 Å². The van der Waals surface area contributed by atoms with Crippen LogP contribution >= 0.6 is 24.0 Å². The van der Waals surface area contributed by atoms with Gasteiger partial charge in [0.25, 0.3) is 5.91 Å². The molecular formula is C16H17FN2O5S2. The third-order valence-corrected chi connectivity index (χ3v) is 4.73. The molecule has 0 radical (unpaired) electrons. The normalized spacial score (nSPS) is 14.9. The molecule has 1 N–H and O–H groups in total. The third kappa shape index (κ3) is 5.95. The summed E-state index contributed by atoms with van der Waals surface area (Å²) in [4.78, 5) is 36.4. The summed E-state index contributed by atoms with van der Waals surface area (Å²) in [6.07, 6.45) is -0.954. The highest BCUT2D eigenvalue weighted by atomic mass is 32.2. The van der Waals surface area contributed by atoms with Crippen LogP contribution in [-0.2, 0) is 19.1 Å². The van der Waals surface area contributed by atoms with E-state index in [4.69, 9.17) is 21.7 Å². The molecule has 140 valence electrons. The van der Waals surface area contributed by atoms with Crippen LogP contribution in [0.15, 0.2) is 24.3 Å². The van der Waals surface area contributed by atoms with Crippen molar-refractivity contribution in [2.75, 3.05) is 25.4 Å². The predicted octanol–water partition coefficient (Wildman–Crippen LogP) is 1.11. The highest BCUT2D eigenvalue weighted by Gasteiger charge is 2.26. The zero-order valence-electron chi connectivity index (χ0n) is 13.9. The smallest absolute Gasteiger partial charge is 0.347 e. The van der Waals surface area contributed by atoms with E-state index in [0.717, 1.165) is 0 Å². The van der Waals surface area contributed by atoms with Gasteiger partial charge in [0.2, 0.25) is 5.91 Å². The van der Waals surface area contributed by atoms with Crippen molar-refractivity contribution in [3.8, 4) is 5.75 Å². The predicted molar refractivity (Wildman–Crippen MR) is 97.2 cm³/mol. The van der Waals surface area contributed by atoms with Crippen LogP contribution in [0, 0.1) is 5.82 Å². The van der Waals surface area contributed by atoms with E-state index < -0.39 is 30.4 Å². The summed E-state index contributed by atoms with van der Waals surface area (Å²) in [5.74, 6) is -1.11. The molecule has 1 fully saturated rings. The summed E-state index contributed by atoms with van der Waals surface area (Å²) in [6, 6.07) is 5.18. The molecule has 1 aliphatic rings. The number of nitrogens with zero attached hydrogens (tertiary/aromatic N) is 1. The summed E-state index contributed by atoms with van der Waals surface area (Å²) in [7, 11) is 0. The first-order chi connectivity index (χ1) is 12.4. The van der Waals surface area contributed by atoms with Gasteiger partial charge < -0.3 is 14.8 Å². The second-order valence-electron chi connectivity index (χ2n) is 5.27. The van der Waals surface area contributed by atoms with Gasteiger partial charge in [0.05, 0.1) is 5.75 Å². The van der Waals surface area contributed by atoms with Crippen LogP contribution in [0.4, 0.5) is 4.39 Å². The van der Waals surface area contributed by atoms with Crippen LogP contribution in [0.5, 0.6) is 5.75 Å². The summed E-state index contributed by atoms with van der Waals surface area (Å²) in [5.41, 5.74) is 0. The fourth-order valence-corrected chi connectivity index (χ4v) is 3.10. The van der Waals surface area contributed by atoms with Crippen LogP contribution in [0.1, 0.15) is 6.92 Å². The van der Waals surface area contributed by atoms with Gasteiger partial charge in [0.1, 0.15) is 15.9 Å². The lowest BCUT2D eigenvalue weighted by atomic mass is 10.3. The van der Waals surface area contributed by atoms with E-state index in [1.54, 1.807) is 0 Å². The van der Waals surface area contributed by atoms with Crippen molar-refractivity contribution in [1.29, 1.82) is 0 Å². The van der Waals surface area contributed by atoms with Gasteiger partial charge in [-0.05, 0) is 31.2 Å². The average molecular weight is 400 g/mol. The quantitative estimate of drug-likeness (QED) is 0.517. The minimum Gasteiger partial charge on any atom is -0.479 e. The van der Waals surface area contributed by atoms with Crippen molar-refractivity contribution in [2.24, 2.45) is 0 Å². The Bertz CT molecular complexity index is 682. The number of carbonyl (C=O) groups is 3. The first-order valence-electron chi connectivity index (χ1n) is 7.69. The Balaban J connectivity index is 1.66. The number of hydrogen-bond acceptors (Lipinski definition) is 7. The van der Waals surface area contributed by atoms with Gasteiger partial charge in [-0.3, -0.25) is 14.5 Å². The van der Waals surface area contributed by atoms with Gasteiger partial charge in [-0.15, -0.1) is 0 Å². The molecule has 1 saturated heterocycles. The molecule has 0 saturated carbocycles. The number of ether oxygens (including phenoxy) is 2. The molecule has 0 unspecified atom stereocenters. The Morgan fingerprint density at radius 1 is 1.38 bits per heavy atom. The highest BCUT2D eigenvalue weighted by Crippen LogP contribution is 2.18. The summed E-state index contributed by atoms with van der Waals surface area (Å²) in [6.45, 7) is 1.46. The number of benzene rings is 1. The van der Waals surface area contributed by atoms with E-state index in [9.17, 15) is 18.8 Å². The minimum absolute atomic E-state index is 0.0903. The number of nitrogens with one attached hydrogen (secondary N) is 1. The Labute approximate surface area is 159 Å². The molecule has 0 spiro atoms. The second-order valence-corrected chi connectivity index (χ2v) is 6.88. The van der Waals surface area contributed by atoms with Crippen LogP contribution < -0.4 is 10.1 Å².